The second-order valence-corrected chi connectivity index (χ2v) is 7.51. The molecule has 0 saturated heterocycles. The lowest BCUT2D eigenvalue weighted by Crippen LogP contribution is -2.30. The Kier molecular flexibility index (Phi) is 7.68. The van der Waals surface area contributed by atoms with E-state index in [1.165, 1.54) is 28.9 Å². The van der Waals surface area contributed by atoms with Gasteiger partial charge in [-0.2, -0.15) is 0 Å². The van der Waals surface area contributed by atoms with Gasteiger partial charge >= 0.3 is 6.09 Å². The summed E-state index contributed by atoms with van der Waals surface area (Å²) < 4.78 is 4.39. The molecule has 2 rings (SSSR count). The van der Waals surface area contributed by atoms with Crippen LogP contribution < -0.4 is 10.6 Å². The van der Waals surface area contributed by atoms with Crippen molar-refractivity contribution in [2.24, 2.45) is 0 Å². The fourth-order valence-electron chi connectivity index (χ4n) is 2.04. The normalized spacial score (nSPS) is 10.2. The number of nitrogens with one attached hydrogen (secondary N) is 2. The Bertz CT molecular complexity index is 772. The topological polar surface area (TPSA) is 84.5 Å². The zero-order valence-electron chi connectivity index (χ0n) is 14.5. The van der Waals surface area contributed by atoms with Crippen LogP contribution in [0.2, 0.25) is 0 Å². The van der Waals surface area contributed by atoms with Crippen LogP contribution in [-0.2, 0) is 9.53 Å². The van der Waals surface area contributed by atoms with E-state index in [9.17, 15) is 14.4 Å². The SMILES string of the molecule is COC(=O)NC(=O)c1ccsc1NC(=O)CCCSc1ccc(C)cc1. The van der Waals surface area contributed by atoms with Gasteiger partial charge in [0.25, 0.3) is 5.91 Å². The summed E-state index contributed by atoms with van der Waals surface area (Å²) in [6.07, 6.45) is 0.237. The third-order valence-corrected chi connectivity index (χ3v) is 5.33. The number of benzene rings is 1. The first-order valence-corrected chi connectivity index (χ1v) is 9.82. The van der Waals surface area contributed by atoms with Gasteiger partial charge in [0.1, 0.15) is 5.00 Å². The minimum Gasteiger partial charge on any atom is -0.453 e. The maximum Gasteiger partial charge on any atom is 0.413 e. The Morgan fingerprint density at radius 1 is 1.15 bits per heavy atom. The Balaban J connectivity index is 1.77. The highest BCUT2D eigenvalue weighted by molar-refractivity contribution is 7.99. The molecule has 0 unspecified atom stereocenters. The predicted octanol–water partition coefficient (Wildman–Crippen LogP) is 4.06. The van der Waals surface area contributed by atoms with Gasteiger partial charge in [0, 0.05) is 11.3 Å². The van der Waals surface area contributed by atoms with Crippen LogP contribution >= 0.6 is 23.1 Å². The Morgan fingerprint density at radius 3 is 2.58 bits per heavy atom. The molecule has 8 heteroatoms. The molecule has 0 radical (unpaired) electrons. The van der Waals surface area contributed by atoms with E-state index in [1.54, 1.807) is 23.2 Å². The van der Waals surface area contributed by atoms with Gasteiger partial charge in [-0.05, 0) is 42.7 Å². The lowest BCUT2D eigenvalue weighted by Gasteiger charge is -2.07. The van der Waals surface area contributed by atoms with Crippen LogP contribution in [0.15, 0.2) is 40.6 Å². The van der Waals surface area contributed by atoms with E-state index < -0.39 is 12.0 Å². The zero-order chi connectivity index (χ0) is 18.9. The first-order chi connectivity index (χ1) is 12.5. The lowest BCUT2D eigenvalue weighted by atomic mass is 10.2. The minimum atomic E-state index is -0.841. The number of aryl methyl sites for hydroxylation is 1. The molecule has 1 aromatic heterocycles. The zero-order valence-corrected chi connectivity index (χ0v) is 16.2. The summed E-state index contributed by atoms with van der Waals surface area (Å²) in [6.45, 7) is 2.04. The third kappa shape index (κ3) is 6.20. The predicted molar refractivity (Wildman–Crippen MR) is 104 cm³/mol. The molecule has 26 heavy (non-hydrogen) atoms. The number of carbonyl (C=O) groups excluding carboxylic acids is 3. The van der Waals surface area contributed by atoms with Gasteiger partial charge in [0.05, 0.1) is 12.7 Å². The number of methoxy groups -OCH3 is 1. The van der Waals surface area contributed by atoms with Crippen LogP contribution in [0.5, 0.6) is 0 Å². The van der Waals surface area contributed by atoms with E-state index >= 15 is 0 Å². The molecular formula is C18H20N2O4S2. The van der Waals surface area contributed by atoms with E-state index in [1.807, 2.05) is 6.92 Å². The summed E-state index contributed by atoms with van der Waals surface area (Å²) in [4.78, 5) is 36.3. The number of imide groups is 1. The molecule has 0 aliphatic rings. The molecule has 1 heterocycles. The van der Waals surface area contributed by atoms with E-state index in [0.717, 1.165) is 12.2 Å². The van der Waals surface area contributed by atoms with Crippen molar-refractivity contribution < 1.29 is 19.1 Å². The summed E-state index contributed by atoms with van der Waals surface area (Å²) in [5, 5.41) is 6.89. The maximum absolute atomic E-state index is 12.1. The number of amides is 3. The second-order valence-electron chi connectivity index (χ2n) is 5.42. The highest BCUT2D eigenvalue weighted by atomic mass is 32.2. The Hall–Kier alpha value is -2.32. The molecule has 0 saturated carbocycles. The molecule has 0 aliphatic heterocycles. The quantitative estimate of drug-likeness (QED) is 0.548. The van der Waals surface area contributed by atoms with Crippen molar-refractivity contribution in [3.8, 4) is 0 Å². The number of thioether (sulfide) groups is 1. The standard InChI is InChI=1S/C18H20N2O4S2/c1-12-5-7-13(8-6-12)25-10-3-4-15(21)19-17-14(9-11-26-17)16(22)20-18(23)24-2/h5-9,11H,3-4,10H2,1-2H3,(H,19,21)(H,20,22,23). The van der Waals surface area contributed by atoms with Crippen molar-refractivity contribution in [3.05, 3.63) is 46.8 Å². The third-order valence-electron chi connectivity index (χ3n) is 3.40. The van der Waals surface area contributed by atoms with E-state index in [-0.39, 0.29) is 11.5 Å². The van der Waals surface area contributed by atoms with Gasteiger partial charge < -0.3 is 10.1 Å². The van der Waals surface area contributed by atoms with Gasteiger partial charge in [-0.15, -0.1) is 23.1 Å². The first-order valence-electron chi connectivity index (χ1n) is 7.95. The molecule has 138 valence electrons. The first kappa shape index (κ1) is 20.0. The molecule has 0 bridgehead atoms. The average Bonchev–Trinajstić information content (AvgIpc) is 3.08. The Labute approximate surface area is 160 Å². The van der Waals surface area contributed by atoms with E-state index in [2.05, 4.69) is 39.6 Å². The molecular weight excluding hydrogens is 372 g/mol. The smallest absolute Gasteiger partial charge is 0.413 e. The summed E-state index contributed by atoms with van der Waals surface area (Å²) in [5.74, 6) is 0.0590. The van der Waals surface area contributed by atoms with Crippen LogP contribution in [0.25, 0.3) is 0 Å². The fraction of sp³-hybridized carbons (Fsp3) is 0.278. The summed E-state index contributed by atoms with van der Waals surface area (Å²) >= 11 is 2.93. The van der Waals surface area contributed by atoms with Crippen LogP contribution in [0.3, 0.4) is 0 Å². The summed E-state index contributed by atoms with van der Waals surface area (Å²) in [7, 11) is 1.17. The lowest BCUT2D eigenvalue weighted by molar-refractivity contribution is -0.116. The number of alkyl carbamates (subject to hydrolysis) is 1. The number of thiophene rings is 1. The van der Waals surface area contributed by atoms with Crippen molar-refractivity contribution in [1.29, 1.82) is 0 Å². The number of anilines is 1. The van der Waals surface area contributed by atoms with Gasteiger partial charge in [0.15, 0.2) is 0 Å². The monoisotopic (exact) mass is 392 g/mol. The summed E-state index contributed by atoms with van der Waals surface area (Å²) in [5.41, 5.74) is 1.46. The van der Waals surface area contributed by atoms with Gasteiger partial charge in [0.2, 0.25) is 5.91 Å². The van der Waals surface area contributed by atoms with Crippen LogP contribution in [0.1, 0.15) is 28.8 Å². The van der Waals surface area contributed by atoms with Gasteiger partial charge in [-0.3, -0.25) is 14.9 Å². The summed E-state index contributed by atoms with van der Waals surface area (Å²) in [6, 6.07) is 9.81. The van der Waals surface area contributed by atoms with Crippen molar-refractivity contribution in [1.82, 2.24) is 5.32 Å². The number of carbonyl (C=O) groups is 3. The molecule has 0 spiro atoms. The average molecular weight is 393 g/mol. The van der Waals surface area contributed by atoms with Gasteiger partial charge in [-0.25, -0.2) is 4.79 Å². The van der Waals surface area contributed by atoms with Crippen LogP contribution in [-0.4, -0.2) is 30.8 Å². The number of ether oxygens (including phenoxy) is 1. The van der Waals surface area contributed by atoms with Gasteiger partial charge in [-0.1, -0.05) is 17.7 Å². The van der Waals surface area contributed by atoms with Crippen molar-refractivity contribution in [2.45, 2.75) is 24.7 Å². The molecule has 6 nitrogen and oxygen atoms in total. The Morgan fingerprint density at radius 2 is 1.88 bits per heavy atom. The molecule has 1 aromatic carbocycles. The molecule has 3 amide bonds. The van der Waals surface area contributed by atoms with E-state index in [0.29, 0.717) is 11.4 Å². The van der Waals surface area contributed by atoms with Crippen molar-refractivity contribution >= 4 is 46.0 Å². The fourth-order valence-corrected chi connectivity index (χ4v) is 3.70. The number of hydrogen-bond acceptors (Lipinski definition) is 6. The van der Waals surface area contributed by atoms with Crippen LogP contribution in [0, 0.1) is 6.92 Å². The molecule has 0 aliphatic carbocycles. The van der Waals surface area contributed by atoms with Crippen molar-refractivity contribution in [2.75, 3.05) is 18.2 Å². The molecule has 0 fully saturated rings. The maximum atomic E-state index is 12.1. The second kappa shape index (κ2) is 9.98. The van der Waals surface area contributed by atoms with Crippen molar-refractivity contribution in [3.63, 3.8) is 0 Å². The highest BCUT2D eigenvalue weighted by Gasteiger charge is 2.17. The van der Waals surface area contributed by atoms with Crippen LogP contribution in [0.4, 0.5) is 9.80 Å². The number of rotatable bonds is 7. The molecule has 2 aromatic rings. The largest absolute Gasteiger partial charge is 0.453 e. The molecule has 2 N–H and O–H groups in total. The number of hydrogen-bond donors (Lipinski definition) is 2. The minimum absolute atomic E-state index is 0.163. The highest BCUT2D eigenvalue weighted by Crippen LogP contribution is 2.24. The molecule has 0 atom stereocenters. The van der Waals surface area contributed by atoms with E-state index in [4.69, 9.17) is 0 Å².